The number of rotatable bonds is 6. The summed E-state index contributed by atoms with van der Waals surface area (Å²) in [6.07, 6.45) is 0.865. The molecule has 0 amide bonds. The molecule has 1 aromatic carbocycles. The molecular formula is C14H22FNS. The van der Waals surface area contributed by atoms with Crippen LogP contribution in [0.15, 0.2) is 24.3 Å². The first-order valence-corrected chi connectivity index (χ1v) is 7.22. The molecule has 3 heteroatoms. The van der Waals surface area contributed by atoms with E-state index in [2.05, 4.69) is 20.8 Å². The fourth-order valence-electron chi connectivity index (χ4n) is 1.66. The van der Waals surface area contributed by atoms with Crippen LogP contribution in [0.2, 0.25) is 0 Å². The third-order valence-corrected chi connectivity index (χ3v) is 4.50. The number of thioether (sulfide) groups is 1. The molecule has 0 spiro atoms. The molecule has 0 radical (unpaired) electrons. The van der Waals surface area contributed by atoms with Crippen molar-refractivity contribution >= 4 is 11.8 Å². The van der Waals surface area contributed by atoms with Gasteiger partial charge >= 0.3 is 0 Å². The molecule has 0 bridgehead atoms. The molecule has 17 heavy (non-hydrogen) atoms. The summed E-state index contributed by atoms with van der Waals surface area (Å²) in [5.41, 5.74) is 6.86. The van der Waals surface area contributed by atoms with Crippen LogP contribution >= 0.6 is 11.8 Å². The van der Waals surface area contributed by atoms with E-state index in [-0.39, 0.29) is 17.1 Å². The van der Waals surface area contributed by atoms with Gasteiger partial charge in [-0.15, -0.1) is 0 Å². The van der Waals surface area contributed by atoms with Crippen LogP contribution in [-0.4, -0.2) is 11.8 Å². The van der Waals surface area contributed by atoms with Gasteiger partial charge in [0.15, 0.2) is 0 Å². The largest absolute Gasteiger partial charge is 0.326 e. The maximum atomic E-state index is 13.8. The van der Waals surface area contributed by atoms with Gasteiger partial charge in [-0.3, -0.25) is 0 Å². The molecule has 0 fully saturated rings. The predicted molar refractivity (Wildman–Crippen MR) is 74.7 cm³/mol. The third kappa shape index (κ3) is 4.32. The fraction of sp³-hybridized carbons (Fsp3) is 0.571. The van der Waals surface area contributed by atoms with Crippen LogP contribution in [0.1, 0.15) is 38.0 Å². The molecule has 0 saturated heterocycles. The van der Waals surface area contributed by atoms with Gasteiger partial charge in [0.25, 0.3) is 0 Å². The summed E-state index contributed by atoms with van der Waals surface area (Å²) in [6.45, 7) is 6.39. The smallest absolute Gasteiger partial charge is 0.127 e. The lowest BCUT2D eigenvalue weighted by atomic mass is 10.0. The Hall–Kier alpha value is -0.540. The second-order valence-corrected chi connectivity index (χ2v) is 5.92. The zero-order chi connectivity index (χ0) is 12.8. The van der Waals surface area contributed by atoms with E-state index in [0.717, 1.165) is 17.7 Å². The first-order chi connectivity index (χ1) is 8.06. The fourth-order valence-corrected chi connectivity index (χ4v) is 3.06. The Morgan fingerprint density at radius 3 is 2.47 bits per heavy atom. The molecule has 0 aromatic heterocycles. The van der Waals surface area contributed by atoms with Crippen LogP contribution < -0.4 is 5.73 Å². The van der Waals surface area contributed by atoms with Crippen molar-refractivity contribution in [1.82, 2.24) is 0 Å². The quantitative estimate of drug-likeness (QED) is 0.831. The van der Waals surface area contributed by atoms with Crippen molar-refractivity contribution in [2.45, 2.75) is 38.5 Å². The highest BCUT2D eigenvalue weighted by Crippen LogP contribution is 2.35. The number of halogens is 1. The van der Waals surface area contributed by atoms with E-state index in [1.807, 2.05) is 12.1 Å². The molecule has 0 aliphatic rings. The second-order valence-electron chi connectivity index (χ2n) is 4.74. The molecule has 0 heterocycles. The zero-order valence-corrected chi connectivity index (χ0v) is 11.6. The van der Waals surface area contributed by atoms with Gasteiger partial charge in [-0.25, -0.2) is 4.39 Å². The third-order valence-electron chi connectivity index (χ3n) is 2.68. The van der Waals surface area contributed by atoms with Crippen molar-refractivity contribution in [2.24, 2.45) is 11.7 Å². The van der Waals surface area contributed by atoms with Crippen molar-refractivity contribution < 1.29 is 4.39 Å². The monoisotopic (exact) mass is 255 g/mol. The van der Waals surface area contributed by atoms with E-state index >= 15 is 0 Å². The SMILES string of the molecule is CCC(N)C(SCC(C)C)c1ccccc1F. The van der Waals surface area contributed by atoms with E-state index in [4.69, 9.17) is 5.73 Å². The lowest BCUT2D eigenvalue weighted by Crippen LogP contribution is -2.26. The van der Waals surface area contributed by atoms with E-state index in [1.165, 1.54) is 6.07 Å². The zero-order valence-electron chi connectivity index (χ0n) is 10.8. The van der Waals surface area contributed by atoms with E-state index in [9.17, 15) is 4.39 Å². The normalized spacial score (nSPS) is 14.9. The van der Waals surface area contributed by atoms with Crippen molar-refractivity contribution in [3.63, 3.8) is 0 Å². The van der Waals surface area contributed by atoms with Gasteiger partial charge in [0.1, 0.15) is 5.82 Å². The summed E-state index contributed by atoms with van der Waals surface area (Å²) < 4.78 is 13.8. The highest BCUT2D eigenvalue weighted by molar-refractivity contribution is 7.99. The Kier molecular flexibility index (Phi) is 6.00. The van der Waals surface area contributed by atoms with Gasteiger partial charge in [-0.2, -0.15) is 11.8 Å². The minimum Gasteiger partial charge on any atom is -0.326 e. The van der Waals surface area contributed by atoms with Crippen LogP contribution in [0, 0.1) is 11.7 Å². The van der Waals surface area contributed by atoms with Crippen LogP contribution in [-0.2, 0) is 0 Å². The van der Waals surface area contributed by atoms with Crippen molar-refractivity contribution in [2.75, 3.05) is 5.75 Å². The summed E-state index contributed by atoms with van der Waals surface area (Å²) in [4.78, 5) is 0. The maximum Gasteiger partial charge on any atom is 0.127 e. The summed E-state index contributed by atoms with van der Waals surface area (Å²) in [5.74, 6) is 1.46. The number of nitrogens with two attached hydrogens (primary N) is 1. The Balaban J connectivity index is 2.86. The van der Waals surface area contributed by atoms with Gasteiger partial charge in [0.2, 0.25) is 0 Å². The highest BCUT2D eigenvalue weighted by Gasteiger charge is 2.22. The molecule has 1 aromatic rings. The molecule has 0 aliphatic heterocycles. The van der Waals surface area contributed by atoms with E-state index in [0.29, 0.717) is 5.92 Å². The van der Waals surface area contributed by atoms with Gasteiger partial charge in [0.05, 0.1) is 0 Å². The Morgan fingerprint density at radius 2 is 1.94 bits per heavy atom. The van der Waals surface area contributed by atoms with Crippen molar-refractivity contribution in [1.29, 1.82) is 0 Å². The first-order valence-electron chi connectivity index (χ1n) is 6.17. The van der Waals surface area contributed by atoms with Crippen molar-refractivity contribution in [3.8, 4) is 0 Å². The predicted octanol–water partition coefficient (Wildman–Crippen LogP) is 3.99. The summed E-state index contributed by atoms with van der Waals surface area (Å²) in [6, 6.07) is 6.98. The standard InChI is InChI=1S/C14H22FNS/c1-4-13(16)14(17-9-10(2)3)11-7-5-6-8-12(11)15/h5-8,10,13-14H,4,9,16H2,1-3H3. The Morgan fingerprint density at radius 1 is 1.29 bits per heavy atom. The summed E-state index contributed by atoms with van der Waals surface area (Å²) >= 11 is 1.76. The Labute approximate surface area is 108 Å². The lowest BCUT2D eigenvalue weighted by molar-refractivity contribution is 0.571. The van der Waals surface area contributed by atoms with Gasteiger partial charge in [0, 0.05) is 16.9 Å². The Bertz CT molecular complexity index is 341. The molecule has 0 aliphatic carbocycles. The average Bonchev–Trinajstić information content (AvgIpc) is 2.30. The molecule has 1 nitrogen and oxygen atoms in total. The number of benzene rings is 1. The van der Waals surface area contributed by atoms with Crippen LogP contribution in [0.5, 0.6) is 0 Å². The minimum absolute atomic E-state index is 0.00986. The van der Waals surface area contributed by atoms with Crippen molar-refractivity contribution in [3.05, 3.63) is 35.6 Å². The number of hydrogen-bond donors (Lipinski definition) is 1. The van der Waals surface area contributed by atoms with Gasteiger partial charge in [-0.1, -0.05) is 39.0 Å². The first kappa shape index (κ1) is 14.5. The second kappa shape index (κ2) is 7.02. The molecule has 1 rings (SSSR count). The van der Waals surface area contributed by atoms with Crippen LogP contribution in [0.25, 0.3) is 0 Å². The topological polar surface area (TPSA) is 26.0 Å². The molecular weight excluding hydrogens is 233 g/mol. The van der Waals surface area contributed by atoms with E-state index in [1.54, 1.807) is 17.8 Å². The van der Waals surface area contributed by atoms with Gasteiger partial charge in [-0.05, 0) is 24.2 Å². The average molecular weight is 255 g/mol. The molecule has 2 atom stereocenters. The minimum atomic E-state index is -0.141. The molecule has 2 unspecified atom stereocenters. The van der Waals surface area contributed by atoms with E-state index < -0.39 is 0 Å². The molecule has 2 N–H and O–H groups in total. The van der Waals surface area contributed by atoms with Crippen LogP contribution in [0.3, 0.4) is 0 Å². The highest BCUT2D eigenvalue weighted by atomic mass is 32.2. The summed E-state index contributed by atoms with van der Waals surface area (Å²) in [7, 11) is 0. The lowest BCUT2D eigenvalue weighted by Gasteiger charge is -2.24. The number of hydrogen-bond acceptors (Lipinski definition) is 2. The van der Waals surface area contributed by atoms with Gasteiger partial charge < -0.3 is 5.73 Å². The molecule has 96 valence electrons. The molecule has 0 saturated carbocycles. The van der Waals surface area contributed by atoms with Crippen LogP contribution in [0.4, 0.5) is 4.39 Å². The maximum absolute atomic E-state index is 13.8. The summed E-state index contributed by atoms with van der Waals surface area (Å²) in [5, 5.41) is 0.0589.